The van der Waals surface area contributed by atoms with Gasteiger partial charge in [0.05, 0.1) is 19.5 Å². The van der Waals surface area contributed by atoms with Gasteiger partial charge in [-0.3, -0.25) is 20.2 Å². The fourth-order valence-electron chi connectivity index (χ4n) is 5.98. The molecule has 232 valence electrons. The SMILES string of the molecule is COc1cnc2[nH]cc(C=C3NC(NCC4CC4)(C4(NCC5CC5)NC(=O)C(=Cc5c[nH]c6ncc(F)cc56)N4)NC3=O)c2c1. The Bertz CT molecular complexity index is 1910. The molecule has 2 aliphatic heterocycles. The van der Waals surface area contributed by atoms with Crippen molar-refractivity contribution in [3.63, 3.8) is 0 Å². The van der Waals surface area contributed by atoms with Crippen molar-refractivity contribution in [1.29, 1.82) is 0 Å². The van der Waals surface area contributed by atoms with E-state index in [0.29, 0.717) is 58.6 Å². The van der Waals surface area contributed by atoms with Crippen LogP contribution in [-0.2, 0) is 9.59 Å². The number of aromatic nitrogens is 4. The number of nitrogens with one attached hydrogen (secondary N) is 8. The summed E-state index contributed by atoms with van der Waals surface area (Å²) in [5.74, 6) is -2.40. The molecule has 8 N–H and O–H groups in total. The third kappa shape index (κ3) is 4.95. The van der Waals surface area contributed by atoms with Crippen molar-refractivity contribution in [1.82, 2.24) is 51.8 Å². The number of methoxy groups -OCH3 is 1. The number of hydrogen-bond donors (Lipinski definition) is 8. The van der Waals surface area contributed by atoms with Gasteiger partial charge >= 0.3 is 0 Å². The first-order valence-electron chi connectivity index (χ1n) is 15.1. The highest BCUT2D eigenvalue weighted by Gasteiger charge is 2.62. The molecule has 0 aromatic carbocycles. The van der Waals surface area contributed by atoms with Crippen molar-refractivity contribution in [2.45, 2.75) is 37.3 Å². The van der Waals surface area contributed by atoms with Crippen LogP contribution in [0.15, 0.2) is 48.3 Å². The van der Waals surface area contributed by atoms with E-state index in [9.17, 15) is 14.0 Å². The van der Waals surface area contributed by atoms with E-state index >= 15 is 0 Å². The van der Waals surface area contributed by atoms with Crippen LogP contribution < -0.4 is 36.6 Å². The quantitative estimate of drug-likeness (QED) is 0.124. The summed E-state index contributed by atoms with van der Waals surface area (Å²) in [6.07, 6.45) is 14.0. The normalized spacial score (nSPS) is 26.4. The lowest BCUT2D eigenvalue weighted by Gasteiger charge is -2.46. The Morgan fingerprint density at radius 1 is 0.822 bits per heavy atom. The van der Waals surface area contributed by atoms with Gasteiger partial charge in [0, 0.05) is 47.4 Å². The molecule has 0 bridgehead atoms. The summed E-state index contributed by atoms with van der Waals surface area (Å²) in [4.78, 5) is 42.1. The highest BCUT2D eigenvalue weighted by Crippen LogP contribution is 2.34. The Balaban J connectivity index is 1.18. The Labute approximate surface area is 256 Å². The number of nitrogens with zero attached hydrogens (tertiary/aromatic N) is 2. The maximum atomic E-state index is 14.1. The molecule has 4 aromatic heterocycles. The lowest BCUT2D eigenvalue weighted by molar-refractivity contribution is -0.121. The maximum Gasteiger partial charge on any atom is 0.270 e. The smallest absolute Gasteiger partial charge is 0.270 e. The van der Waals surface area contributed by atoms with E-state index in [-0.39, 0.29) is 17.5 Å². The van der Waals surface area contributed by atoms with Gasteiger partial charge in [-0.2, -0.15) is 0 Å². The van der Waals surface area contributed by atoms with Gasteiger partial charge in [-0.05, 0) is 61.8 Å². The monoisotopic (exact) mass is 612 g/mol. The van der Waals surface area contributed by atoms with E-state index in [0.717, 1.165) is 42.8 Å². The first kappa shape index (κ1) is 27.6. The third-order valence-corrected chi connectivity index (χ3v) is 8.91. The molecule has 2 saturated carbocycles. The molecule has 4 aliphatic rings. The molecule has 2 aliphatic carbocycles. The Morgan fingerprint density at radius 2 is 1.33 bits per heavy atom. The van der Waals surface area contributed by atoms with Crippen molar-refractivity contribution in [2.75, 3.05) is 20.2 Å². The van der Waals surface area contributed by atoms with E-state index in [1.807, 2.05) is 6.07 Å². The van der Waals surface area contributed by atoms with Crippen LogP contribution in [0.4, 0.5) is 4.39 Å². The molecule has 2 saturated heterocycles. The minimum Gasteiger partial charge on any atom is -0.495 e. The second-order valence-corrected chi connectivity index (χ2v) is 12.2. The van der Waals surface area contributed by atoms with Crippen LogP contribution >= 0.6 is 0 Å². The molecule has 4 fully saturated rings. The average molecular weight is 613 g/mol. The molecule has 45 heavy (non-hydrogen) atoms. The van der Waals surface area contributed by atoms with Crippen molar-refractivity contribution in [3.05, 3.63) is 65.3 Å². The number of carbonyl (C=O) groups excluding carboxylic acids is 2. The van der Waals surface area contributed by atoms with Gasteiger partial charge in [0.15, 0.2) is 0 Å². The number of fused-ring (bicyclic) bond motifs is 2. The summed E-state index contributed by atoms with van der Waals surface area (Å²) in [5.41, 5.74) is 3.07. The van der Waals surface area contributed by atoms with Gasteiger partial charge < -0.3 is 36.0 Å². The van der Waals surface area contributed by atoms with Gasteiger partial charge in [-0.25, -0.2) is 14.4 Å². The van der Waals surface area contributed by atoms with Crippen LogP contribution in [0.1, 0.15) is 36.8 Å². The Morgan fingerprint density at radius 3 is 1.84 bits per heavy atom. The van der Waals surface area contributed by atoms with Crippen LogP contribution in [0, 0.1) is 17.7 Å². The topological polar surface area (TPSA) is 173 Å². The second-order valence-electron chi connectivity index (χ2n) is 12.2. The van der Waals surface area contributed by atoms with Crippen LogP contribution in [0.2, 0.25) is 0 Å². The molecule has 2 atom stereocenters. The van der Waals surface area contributed by atoms with Crippen molar-refractivity contribution >= 4 is 46.0 Å². The highest BCUT2D eigenvalue weighted by atomic mass is 19.1. The number of rotatable bonds is 10. The summed E-state index contributed by atoms with van der Waals surface area (Å²) in [6.45, 7) is 1.23. The number of H-pyrrole nitrogens is 2. The molecule has 13 nitrogen and oxygen atoms in total. The van der Waals surface area contributed by atoms with E-state index in [2.05, 4.69) is 51.8 Å². The molecule has 6 heterocycles. The molecule has 8 rings (SSSR count). The maximum absolute atomic E-state index is 14.1. The van der Waals surface area contributed by atoms with Crippen LogP contribution in [0.5, 0.6) is 5.75 Å². The number of amides is 2. The highest BCUT2D eigenvalue weighted by molar-refractivity contribution is 6.04. The van der Waals surface area contributed by atoms with Crippen LogP contribution in [0.3, 0.4) is 0 Å². The average Bonchev–Trinajstić information content (AvgIpc) is 3.92. The first-order valence-corrected chi connectivity index (χ1v) is 15.1. The van der Waals surface area contributed by atoms with Gasteiger partial charge in [-0.15, -0.1) is 0 Å². The molecule has 4 aromatic rings. The fraction of sp³-hybridized carbons (Fsp3) is 0.355. The molecular weight excluding hydrogens is 579 g/mol. The Hall–Kier alpha value is -4.95. The largest absolute Gasteiger partial charge is 0.495 e. The number of pyridine rings is 2. The number of ether oxygens (including phenoxy) is 1. The zero-order valence-corrected chi connectivity index (χ0v) is 24.5. The predicted molar refractivity (Wildman–Crippen MR) is 164 cm³/mol. The van der Waals surface area contributed by atoms with Gasteiger partial charge in [-0.1, -0.05) is 0 Å². The van der Waals surface area contributed by atoms with Crippen LogP contribution in [-0.4, -0.2) is 63.5 Å². The van der Waals surface area contributed by atoms with E-state index in [1.54, 1.807) is 37.9 Å². The predicted octanol–water partition coefficient (Wildman–Crippen LogP) is 1.71. The van der Waals surface area contributed by atoms with Gasteiger partial charge in [0.1, 0.15) is 34.3 Å². The van der Waals surface area contributed by atoms with Crippen LogP contribution in [0.25, 0.3) is 34.2 Å². The minimum absolute atomic E-state index is 0.249. The van der Waals surface area contributed by atoms with Crippen molar-refractivity contribution < 1.29 is 18.7 Å². The van der Waals surface area contributed by atoms with E-state index in [4.69, 9.17) is 4.74 Å². The number of hydrogen-bond acceptors (Lipinski definition) is 9. The molecule has 2 amide bonds. The standard InChI is InChI=1S/C31H33FN10O3/c1-45-21-9-23-19(13-34-27(23)36-15-21)7-25-29(44)42-31(40-25,38-11-17-4-5-17)30(37-10-16-2-3-16)39-24(28(43)41-30)6-18-12-33-26-22(18)8-20(32)14-35-26/h6-9,12-17,37-40H,2-5,10-11H2,1H3,(H,33,35)(H,34,36)(H,41,43)(H,42,44). The van der Waals surface area contributed by atoms with Crippen molar-refractivity contribution in [3.8, 4) is 5.75 Å². The van der Waals surface area contributed by atoms with Gasteiger partial charge in [0.25, 0.3) is 11.8 Å². The second kappa shape index (κ2) is 10.3. The third-order valence-electron chi connectivity index (χ3n) is 8.91. The lowest BCUT2D eigenvalue weighted by atomic mass is 10.1. The summed E-state index contributed by atoms with van der Waals surface area (Å²) in [6, 6.07) is 3.23. The molecule has 0 radical (unpaired) electrons. The zero-order chi connectivity index (χ0) is 30.8. The summed E-state index contributed by atoms with van der Waals surface area (Å²) in [5, 5.41) is 21.5. The van der Waals surface area contributed by atoms with Gasteiger partial charge in [0.2, 0.25) is 11.6 Å². The van der Waals surface area contributed by atoms with Crippen molar-refractivity contribution in [2.24, 2.45) is 11.8 Å². The summed E-state index contributed by atoms with van der Waals surface area (Å²) < 4.78 is 19.4. The van der Waals surface area contributed by atoms with E-state index in [1.165, 1.54) is 6.07 Å². The molecular formula is C31H33FN10O3. The summed E-state index contributed by atoms with van der Waals surface area (Å²) in [7, 11) is 1.58. The lowest BCUT2D eigenvalue weighted by Crippen LogP contribution is -2.86. The molecule has 14 heteroatoms. The Kier molecular flexibility index (Phi) is 6.32. The van der Waals surface area contributed by atoms with E-state index < -0.39 is 17.4 Å². The number of halogens is 1. The fourth-order valence-corrected chi connectivity index (χ4v) is 5.98. The molecule has 0 spiro atoms. The zero-order valence-electron chi connectivity index (χ0n) is 24.5. The number of carbonyl (C=O) groups is 2. The first-order chi connectivity index (χ1) is 21.8. The molecule has 2 unspecified atom stereocenters. The minimum atomic E-state index is -1.36. The summed E-state index contributed by atoms with van der Waals surface area (Å²) >= 11 is 0. The number of aromatic amines is 2.